The standard InChI is InChI=1S/C22H24FN3O5/c1-24-21(28)20-18-6-7-25(19(27)10-17-13-30-8-9-31-17)11-14(18)12-26(22(20)29)16-4-2-15(23)3-5-16/h2-5,12,17H,6-11,13H2,1H3,(H,24,28). The molecule has 1 N–H and O–H groups in total. The smallest absolute Gasteiger partial charge is 0.268 e. The average molecular weight is 429 g/mol. The van der Waals surface area contributed by atoms with Crippen LogP contribution in [0.2, 0.25) is 0 Å². The Morgan fingerprint density at radius 1 is 1.23 bits per heavy atom. The van der Waals surface area contributed by atoms with Gasteiger partial charge < -0.3 is 19.7 Å². The van der Waals surface area contributed by atoms with Crippen LogP contribution < -0.4 is 10.9 Å². The molecule has 0 saturated carbocycles. The van der Waals surface area contributed by atoms with Crippen molar-refractivity contribution in [2.45, 2.75) is 25.5 Å². The SMILES string of the molecule is CNC(=O)c1c2c(cn(-c3ccc(F)cc3)c1=O)CN(C(=O)CC1COCCO1)CC2. The number of halogens is 1. The molecule has 8 nitrogen and oxygen atoms in total. The van der Waals surface area contributed by atoms with E-state index >= 15 is 0 Å². The van der Waals surface area contributed by atoms with Gasteiger partial charge in [-0.3, -0.25) is 19.0 Å². The third-order valence-electron chi connectivity index (χ3n) is 5.60. The highest BCUT2D eigenvalue weighted by Crippen LogP contribution is 2.23. The number of carbonyl (C=O) groups excluding carboxylic acids is 2. The Kier molecular flexibility index (Phi) is 6.15. The van der Waals surface area contributed by atoms with Crippen LogP contribution in [-0.4, -0.2) is 60.8 Å². The lowest BCUT2D eigenvalue weighted by Gasteiger charge is -2.32. The Morgan fingerprint density at radius 3 is 2.68 bits per heavy atom. The van der Waals surface area contributed by atoms with Crippen LogP contribution in [0.25, 0.3) is 5.69 Å². The minimum absolute atomic E-state index is 0.0560. The van der Waals surface area contributed by atoms with Crippen LogP contribution in [0.3, 0.4) is 0 Å². The normalized spacial score (nSPS) is 18.4. The highest BCUT2D eigenvalue weighted by molar-refractivity contribution is 5.95. The first-order valence-corrected chi connectivity index (χ1v) is 10.2. The van der Waals surface area contributed by atoms with Crippen molar-refractivity contribution in [1.29, 1.82) is 0 Å². The number of rotatable bonds is 4. The fourth-order valence-corrected chi connectivity index (χ4v) is 4.00. The van der Waals surface area contributed by atoms with Crippen molar-refractivity contribution < 1.29 is 23.5 Å². The van der Waals surface area contributed by atoms with Gasteiger partial charge >= 0.3 is 0 Å². The largest absolute Gasteiger partial charge is 0.376 e. The first-order valence-electron chi connectivity index (χ1n) is 10.2. The Balaban J connectivity index is 1.67. The second kappa shape index (κ2) is 8.99. The zero-order valence-electron chi connectivity index (χ0n) is 17.2. The van der Waals surface area contributed by atoms with E-state index in [1.165, 1.54) is 35.9 Å². The summed E-state index contributed by atoms with van der Waals surface area (Å²) in [4.78, 5) is 40.1. The Morgan fingerprint density at radius 2 is 2.00 bits per heavy atom. The molecule has 1 fully saturated rings. The zero-order chi connectivity index (χ0) is 22.0. The highest BCUT2D eigenvalue weighted by Gasteiger charge is 2.29. The number of benzene rings is 1. The molecule has 2 aliphatic rings. The van der Waals surface area contributed by atoms with Crippen molar-refractivity contribution in [2.75, 3.05) is 33.4 Å². The maximum atomic E-state index is 13.4. The molecule has 0 aliphatic carbocycles. The topological polar surface area (TPSA) is 89.9 Å². The van der Waals surface area contributed by atoms with Crippen molar-refractivity contribution in [3.05, 3.63) is 63.3 Å². The fraction of sp³-hybridized carbons (Fsp3) is 0.409. The minimum Gasteiger partial charge on any atom is -0.376 e. The summed E-state index contributed by atoms with van der Waals surface area (Å²) in [5.74, 6) is -0.973. The van der Waals surface area contributed by atoms with E-state index in [4.69, 9.17) is 9.47 Å². The molecule has 2 amide bonds. The van der Waals surface area contributed by atoms with Gasteiger partial charge in [-0.25, -0.2) is 4.39 Å². The van der Waals surface area contributed by atoms with Crippen LogP contribution in [0, 0.1) is 5.82 Å². The molecule has 31 heavy (non-hydrogen) atoms. The zero-order valence-corrected chi connectivity index (χ0v) is 17.2. The van der Waals surface area contributed by atoms with Crippen LogP contribution in [0.15, 0.2) is 35.3 Å². The number of nitrogens with zero attached hydrogens (tertiary/aromatic N) is 2. The van der Waals surface area contributed by atoms with Gasteiger partial charge in [0, 0.05) is 32.0 Å². The number of carbonyl (C=O) groups is 2. The van der Waals surface area contributed by atoms with Crippen molar-refractivity contribution in [3.63, 3.8) is 0 Å². The lowest BCUT2D eigenvalue weighted by atomic mass is 9.95. The molecule has 2 aromatic rings. The molecule has 1 atom stereocenters. The number of hydrogen-bond acceptors (Lipinski definition) is 5. The quantitative estimate of drug-likeness (QED) is 0.784. The number of hydrogen-bond donors (Lipinski definition) is 1. The van der Waals surface area contributed by atoms with E-state index in [2.05, 4.69) is 5.32 Å². The van der Waals surface area contributed by atoms with E-state index in [1.54, 1.807) is 11.1 Å². The number of pyridine rings is 1. The molecule has 3 heterocycles. The number of fused-ring (bicyclic) bond motifs is 1. The Labute approximate surface area is 178 Å². The molecular formula is C22H24FN3O5. The van der Waals surface area contributed by atoms with E-state index in [0.29, 0.717) is 49.6 Å². The summed E-state index contributed by atoms with van der Waals surface area (Å²) in [7, 11) is 1.47. The summed E-state index contributed by atoms with van der Waals surface area (Å²) in [6.07, 6.45) is 1.98. The predicted octanol–water partition coefficient (Wildman–Crippen LogP) is 1.03. The molecule has 2 aliphatic heterocycles. The molecule has 0 radical (unpaired) electrons. The van der Waals surface area contributed by atoms with Gasteiger partial charge in [-0.2, -0.15) is 0 Å². The summed E-state index contributed by atoms with van der Waals surface area (Å²) < 4.78 is 25.6. The van der Waals surface area contributed by atoms with E-state index in [0.717, 1.165) is 0 Å². The van der Waals surface area contributed by atoms with Crippen LogP contribution in [0.5, 0.6) is 0 Å². The van der Waals surface area contributed by atoms with Crippen LogP contribution in [0.4, 0.5) is 4.39 Å². The third kappa shape index (κ3) is 4.38. The van der Waals surface area contributed by atoms with Gasteiger partial charge in [-0.15, -0.1) is 0 Å². The molecule has 1 unspecified atom stereocenters. The summed E-state index contributed by atoms with van der Waals surface area (Å²) in [6, 6.07) is 5.46. The minimum atomic E-state index is -0.481. The van der Waals surface area contributed by atoms with E-state index < -0.39 is 17.3 Å². The predicted molar refractivity (Wildman–Crippen MR) is 110 cm³/mol. The molecule has 1 aromatic heterocycles. The fourth-order valence-electron chi connectivity index (χ4n) is 4.00. The molecule has 0 spiro atoms. The Bertz CT molecular complexity index is 1040. The number of amides is 2. The molecule has 164 valence electrons. The van der Waals surface area contributed by atoms with Crippen molar-refractivity contribution >= 4 is 11.8 Å². The number of aromatic nitrogens is 1. The molecule has 1 aromatic carbocycles. The number of nitrogens with one attached hydrogen (secondary N) is 1. The molecule has 0 bridgehead atoms. The summed E-state index contributed by atoms with van der Waals surface area (Å²) >= 11 is 0. The monoisotopic (exact) mass is 429 g/mol. The van der Waals surface area contributed by atoms with E-state index in [1.807, 2.05) is 0 Å². The first-order chi connectivity index (χ1) is 15.0. The molecule has 9 heteroatoms. The van der Waals surface area contributed by atoms with Crippen LogP contribution >= 0.6 is 0 Å². The van der Waals surface area contributed by atoms with Gasteiger partial charge in [0.1, 0.15) is 11.4 Å². The first kappa shape index (κ1) is 21.2. The van der Waals surface area contributed by atoms with Crippen molar-refractivity contribution in [3.8, 4) is 5.69 Å². The van der Waals surface area contributed by atoms with Gasteiger partial charge in [-0.1, -0.05) is 0 Å². The van der Waals surface area contributed by atoms with Crippen LogP contribution in [0.1, 0.15) is 27.9 Å². The second-order valence-electron chi connectivity index (χ2n) is 7.58. The second-order valence-corrected chi connectivity index (χ2v) is 7.58. The molecule has 4 rings (SSSR count). The maximum Gasteiger partial charge on any atom is 0.268 e. The summed E-state index contributed by atoms with van der Waals surface area (Å²) in [6.45, 7) is 2.07. The van der Waals surface area contributed by atoms with Gasteiger partial charge in [-0.05, 0) is 41.8 Å². The average Bonchev–Trinajstić information content (AvgIpc) is 2.79. The van der Waals surface area contributed by atoms with Gasteiger partial charge in [0.2, 0.25) is 5.91 Å². The third-order valence-corrected chi connectivity index (χ3v) is 5.60. The van der Waals surface area contributed by atoms with Gasteiger partial charge in [0.15, 0.2) is 0 Å². The maximum absolute atomic E-state index is 13.4. The van der Waals surface area contributed by atoms with E-state index in [9.17, 15) is 18.8 Å². The van der Waals surface area contributed by atoms with Gasteiger partial charge in [0.05, 0.1) is 32.3 Å². The number of ether oxygens (including phenoxy) is 2. The van der Waals surface area contributed by atoms with Crippen molar-refractivity contribution in [2.24, 2.45) is 0 Å². The van der Waals surface area contributed by atoms with Gasteiger partial charge in [0.25, 0.3) is 11.5 Å². The Hall–Kier alpha value is -3.04. The molecular weight excluding hydrogens is 405 g/mol. The van der Waals surface area contributed by atoms with Crippen LogP contribution in [-0.2, 0) is 27.2 Å². The summed E-state index contributed by atoms with van der Waals surface area (Å²) in [5, 5.41) is 2.52. The van der Waals surface area contributed by atoms with E-state index in [-0.39, 0.29) is 30.5 Å². The van der Waals surface area contributed by atoms with Crippen molar-refractivity contribution in [1.82, 2.24) is 14.8 Å². The highest BCUT2D eigenvalue weighted by atomic mass is 19.1. The molecule has 1 saturated heterocycles. The lowest BCUT2D eigenvalue weighted by Crippen LogP contribution is -2.42. The lowest BCUT2D eigenvalue weighted by molar-refractivity contribution is -0.141. The summed E-state index contributed by atoms with van der Waals surface area (Å²) in [5.41, 5.74) is 1.38.